The minimum absolute atomic E-state index is 0.205. The lowest BCUT2D eigenvalue weighted by molar-refractivity contribution is -0.132. The van der Waals surface area contributed by atoms with Crippen LogP contribution in [0.2, 0.25) is 0 Å². The standard InChI is InChI=1S/C17H22N4O/c1-20-13-14(12-19-20)16-8-5-11-21(16)17(22)9-4-7-15-6-2-3-10-18-15/h2-3,6,10,12-13,16H,4-5,7-9,11H2,1H3. The number of carbonyl (C=O) groups is 1. The molecule has 3 rings (SSSR count). The third-order valence-electron chi connectivity index (χ3n) is 4.23. The van der Waals surface area contributed by atoms with Crippen molar-refractivity contribution in [2.45, 2.75) is 38.1 Å². The molecule has 0 N–H and O–H groups in total. The van der Waals surface area contributed by atoms with Gasteiger partial charge in [-0.05, 0) is 37.8 Å². The van der Waals surface area contributed by atoms with Gasteiger partial charge in [-0.1, -0.05) is 6.07 Å². The van der Waals surface area contributed by atoms with Crippen LogP contribution in [0.5, 0.6) is 0 Å². The molecule has 0 aliphatic carbocycles. The molecule has 0 radical (unpaired) electrons. The lowest BCUT2D eigenvalue weighted by Crippen LogP contribution is -2.30. The predicted octanol–water partition coefficient (Wildman–Crippen LogP) is 2.50. The molecule has 2 aromatic heterocycles. The van der Waals surface area contributed by atoms with Crippen LogP contribution in [-0.4, -0.2) is 32.1 Å². The Morgan fingerprint density at radius 1 is 1.41 bits per heavy atom. The molecule has 22 heavy (non-hydrogen) atoms. The van der Waals surface area contributed by atoms with E-state index >= 15 is 0 Å². The summed E-state index contributed by atoms with van der Waals surface area (Å²) in [6.07, 6.45) is 10.1. The zero-order valence-electron chi connectivity index (χ0n) is 13.0. The summed E-state index contributed by atoms with van der Waals surface area (Å²) in [4.78, 5) is 18.8. The summed E-state index contributed by atoms with van der Waals surface area (Å²) < 4.78 is 1.80. The molecule has 2 aromatic rings. The molecule has 0 aromatic carbocycles. The van der Waals surface area contributed by atoms with E-state index in [-0.39, 0.29) is 11.9 Å². The van der Waals surface area contributed by atoms with Crippen LogP contribution in [0.15, 0.2) is 36.8 Å². The maximum Gasteiger partial charge on any atom is 0.223 e. The fourth-order valence-electron chi connectivity index (χ4n) is 3.13. The van der Waals surface area contributed by atoms with Gasteiger partial charge in [-0.2, -0.15) is 5.10 Å². The van der Waals surface area contributed by atoms with Crippen molar-refractivity contribution in [2.24, 2.45) is 7.05 Å². The Labute approximate surface area is 131 Å². The second-order valence-electron chi connectivity index (χ2n) is 5.87. The summed E-state index contributed by atoms with van der Waals surface area (Å²) in [6, 6.07) is 6.12. The van der Waals surface area contributed by atoms with Gasteiger partial charge in [0.15, 0.2) is 0 Å². The van der Waals surface area contributed by atoms with Crippen molar-refractivity contribution < 1.29 is 4.79 Å². The highest BCUT2D eigenvalue weighted by atomic mass is 16.2. The number of hydrogen-bond donors (Lipinski definition) is 0. The SMILES string of the molecule is Cn1cc(C2CCCN2C(=O)CCCc2ccccn2)cn1. The van der Waals surface area contributed by atoms with Gasteiger partial charge in [-0.3, -0.25) is 14.5 Å². The van der Waals surface area contributed by atoms with Gasteiger partial charge in [0.05, 0.1) is 12.2 Å². The van der Waals surface area contributed by atoms with Gasteiger partial charge in [-0.25, -0.2) is 0 Å². The number of aromatic nitrogens is 3. The molecular weight excluding hydrogens is 276 g/mol. The Hall–Kier alpha value is -2.17. The smallest absolute Gasteiger partial charge is 0.223 e. The molecule has 1 unspecified atom stereocenters. The van der Waals surface area contributed by atoms with Crippen molar-refractivity contribution in [1.82, 2.24) is 19.7 Å². The fraction of sp³-hybridized carbons (Fsp3) is 0.471. The Morgan fingerprint density at radius 3 is 3.05 bits per heavy atom. The van der Waals surface area contributed by atoms with Gasteiger partial charge >= 0.3 is 0 Å². The zero-order chi connectivity index (χ0) is 15.4. The van der Waals surface area contributed by atoms with Crippen LogP contribution >= 0.6 is 0 Å². The highest BCUT2D eigenvalue weighted by Crippen LogP contribution is 2.32. The second kappa shape index (κ2) is 6.73. The molecular formula is C17H22N4O. The van der Waals surface area contributed by atoms with E-state index in [0.717, 1.165) is 43.5 Å². The Bertz CT molecular complexity index is 623. The largest absolute Gasteiger partial charge is 0.336 e. The van der Waals surface area contributed by atoms with Crippen LogP contribution in [-0.2, 0) is 18.3 Å². The van der Waals surface area contributed by atoms with E-state index in [1.165, 1.54) is 0 Å². The first-order valence-electron chi connectivity index (χ1n) is 7.92. The molecule has 1 amide bonds. The summed E-state index contributed by atoms with van der Waals surface area (Å²) in [6.45, 7) is 0.863. The van der Waals surface area contributed by atoms with E-state index in [1.54, 1.807) is 10.9 Å². The van der Waals surface area contributed by atoms with Crippen molar-refractivity contribution in [3.8, 4) is 0 Å². The second-order valence-corrected chi connectivity index (χ2v) is 5.87. The number of amides is 1. The van der Waals surface area contributed by atoms with E-state index in [1.807, 2.05) is 42.5 Å². The van der Waals surface area contributed by atoms with Crippen molar-refractivity contribution in [3.63, 3.8) is 0 Å². The summed E-state index contributed by atoms with van der Waals surface area (Å²) in [5.74, 6) is 0.252. The molecule has 1 aliphatic rings. The van der Waals surface area contributed by atoms with Gasteiger partial charge in [0.2, 0.25) is 5.91 Å². The van der Waals surface area contributed by atoms with Crippen LogP contribution < -0.4 is 0 Å². The molecule has 1 atom stereocenters. The lowest BCUT2D eigenvalue weighted by atomic mass is 10.1. The first kappa shape index (κ1) is 14.8. The number of aryl methyl sites for hydroxylation is 2. The van der Waals surface area contributed by atoms with E-state index in [9.17, 15) is 4.79 Å². The molecule has 1 saturated heterocycles. The van der Waals surface area contributed by atoms with Crippen molar-refractivity contribution in [1.29, 1.82) is 0 Å². The number of likely N-dealkylation sites (tertiary alicyclic amines) is 1. The molecule has 0 saturated carbocycles. The first-order chi connectivity index (χ1) is 10.7. The molecule has 0 spiro atoms. The van der Waals surface area contributed by atoms with Crippen molar-refractivity contribution >= 4 is 5.91 Å². The molecule has 1 fully saturated rings. The van der Waals surface area contributed by atoms with Gasteiger partial charge < -0.3 is 4.90 Å². The van der Waals surface area contributed by atoms with Crippen LogP contribution in [0.25, 0.3) is 0 Å². The molecule has 1 aliphatic heterocycles. The lowest BCUT2D eigenvalue weighted by Gasteiger charge is -2.24. The van der Waals surface area contributed by atoms with Gasteiger partial charge in [0, 0.05) is 43.7 Å². The third-order valence-corrected chi connectivity index (χ3v) is 4.23. The van der Waals surface area contributed by atoms with Crippen LogP contribution in [0.1, 0.15) is 43.0 Å². The van der Waals surface area contributed by atoms with E-state index in [0.29, 0.717) is 6.42 Å². The quantitative estimate of drug-likeness (QED) is 0.852. The maximum absolute atomic E-state index is 12.5. The summed E-state index contributed by atoms with van der Waals surface area (Å²) in [7, 11) is 1.91. The Balaban J connectivity index is 1.55. The zero-order valence-corrected chi connectivity index (χ0v) is 13.0. The first-order valence-corrected chi connectivity index (χ1v) is 7.92. The number of hydrogen-bond acceptors (Lipinski definition) is 3. The van der Waals surface area contributed by atoms with E-state index < -0.39 is 0 Å². The van der Waals surface area contributed by atoms with E-state index in [2.05, 4.69) is 10.1 Å². The fourth-order valence-corrected chi connectivity index (χ4v) is 3.13. The maximum atomic E-state index is 12.5. The minimum atomic E-state index is 0.205. The third kappa shape index (κ3) is 3.35. The number of nitrogens with zero attached hydrogens (tertiary/aromatic N) is 4. The monoisotopic (exact) mass is 298 g/mol. The summed E-state index contributed by atoms with van der Waals surface area (Å²) >= 11 is 0. The highest BCUT2D eigenvalue weighted by Gasteiger charge is 2.30. The summed E-state index contributed by atoms with van der Waals surface area (Å²) in [5, 5.41) is 4.23. The summed E-state index contributed by atoms with van der Waals surface area (Å²) in [5.41, 5.74) is 2.21. The van der Waals surface area contributed by atoms with Crippen molar-refractivity contribution in [2.75, 3.05) is 6.54 Å². The Morgan fingerprint density at radius 2 is 2.32 bits per heavy atom. The van der Waals surface area contributed by atoms with Crippen LogP contribution in [0.4, 0.5) is 0 Å². The molecule has 0 bridgehead atoms. The molecule has 3 heterocycles. The van der Waals surface area contributed by atoms with Crippen molar-refractivity contribution in [3.05, 3.63) is 48.0 Å². The average molecular weight is 298 g/mol. The van der Waals surface area contributed by atoms with Crippen LogP contribution in [0.3, 0.4) is 0 Å². The van der Waals surface area contributed by atoms with Crippen LogP contribution in [0, 0.1) is 0 Å². The van der Waals surface area contributed by atoms with Gasteiger partial charge in [0.25, 0.3) is 0 Å². The normalized spacial score (nSPS) is 17.9. The van der Waals surface area contributed by atoms with Gasteiger partial charge in [-0.15, -0.1) is 0 Å². The number of pyridine rings is 1. The topological polar surface area (TPSA) is 51.0 Å². The number of rotatable bonds is 5. The Kier molecular flexibility index (Phi) is 4.51. The predicted molar refractivity (Wildman–Crippen MR) is 84.1 cm³/mol. The van der Waals surface area contributed by atoms with Gasteiger partial charge in [0.1, 0.15) is 0 Å². The molecule has 5 heteroatoms. The molecule has 116 valence electrons. The van der Waals surface area contributed by atoms with E-state index in [4.69, 9.17) is 0 Å². The minimum Gasteiger partial charge on any atom is -0.336 e. The number of carbonyl (C=O) groups excluding carboxylic acids is 1. The highest BCUT2D eigenvalue weighted by molar-refractivity contribution is 5.77. The average Bonchev–Trinajstić information content (AvgIpc) is 3.16. The molecule has 5 nitrogen and oxygen atoms in total.